The summed E-state index contributed by atoms with van der Waals surface area (Å²) in [5.74, 6) is 1.54. The molecule has 0 fully saturated rings. The Morgan fingerprint density at radius 3 is 2.43 bits per heavy atom. The quantitative estimate of drug-likeness (QED) is 0.630. The summed E-state index contributed by atoms with van der Waals surface area (Å²) in [4.78, 5) is 21.9. The van der Waals surface area contributed by atoms with E-state index in [9.17, 15) is 4.79 Å². The molecule has 0 spiro atoms. The van der Waals surface area contributed by atoms with E-state index in [0.29, 0.717) is 12.3 Å². The molecule has 1 aliphatic heterocycles. The Morgan fingerprint density at radius 2 is 1.86 bits per heavy atom. The average molecular weight is 399 g/mol. The van der Waals surface area contributed by atoms with Gasteiger partial charge in [-0.2, -0.15) is 0 Å². The van der Waals surface area contributed by atoms with Gasteiger partial charge in [0.2, 0.25) is 0 Å². The molecule has 0 saturated heterocycles. The van der Waals surface area contributed by atoms with Crippen LogP contribution in [-0.4, -0.2) is 31.6 Å². The van der Waals surface area contributed by atoms with Crippen LogP contribution in [0.5, 0.6) is 0 Å². The SMILES string of the molecule is CC(C)CSc1c(CC2(Cc3ccncc3)C=CC=N2)n(C)c(=O)n1C(C)C. The maximum atomic E-state index is 13.0. The Hall–Kier alpha value is -2.08. The fourth-order valence-electron chi connectivity index (χ4n) is 3.57. The summed E-state index contributed by atoms with van der Waals surface area (Å²) >= 11 is 1.79. The van der Waals surface area contributed by atoms with E-state index in [1.54, 1.807) is 11.8 Å². The number of imidazole rings is 1. The summed E-state index contributed by atoms with van der Waals surface area (Å²) in [6.07, 6.45) is 11.2. The highest BCUT2D eigenvalue weighted by atomic mass is 32.2. The fourth-order valence-corrected chi connectivity index (χ4v) is 4.86. The van der Waals surface area contributed by atoms with Crippen molar-refractivity contribution < 1.29 is 0 Å². The van der Waals surface area contributed by atoms with Gasteiger partial charge in [-0.05, 0) is 43.5 Å². The van der Waals surface area contributed by atoms with Gasteiger partial charge in [0.25, 0.3) is 0 Å². The van der Waals surface area contributed by atoms with Gasteiger partial charge < -0.3 is 0 Å². The summed E-state index contributed by atoms with van der Waals surface area (Å²) in [6.45, 7) is 8.57. The van der Waals surface area contributed by atoms with Crippen molar-refractivity contribution in [3.8, 4) is 0 Å². The van der Waals surface area contributed by atoms with Crippen LogP contribution in [0.2, 0.25) is 0 Å². The third-order valence-electron chi connectivity index (χ3n) is 4.99. The van der Waals surface area contributed by atoms with E-state index in [-0.39, 0.29) is 17.3 Å². The van der Waals surface area contributed by atoms with Crippen LogP contribution in [-0.2, 0) is 19.9 Å². The lowest BCUT2D eigenvalue weighted by molar-refractivity contribution is 0.508. The lowest BCUT2D eigenvalue weighted by Gasteiger charge is -2.25. The predicted molar refractivity (Wildman–Crippen MR) is 118 cm³/mol. The minimum absolute atomic E-state index is 0.0567. The molecule has 3 rings (SSSR count). The number of thioether (sulfide) groups is 1. The van der Waals surface area contributed by atoms with E-state index in [2.05, 4.69) is 38.8 Å². The van der Waals surface area contributed by atoms with Gasteiger partial charge in [-0.15, -0.1) is 11.8 Å². The van der Waals surface area contributed by atoms with Gasteiger partial charge in [0.1, 0.15) is 0 Å². The molecule has 3 heterocycles. The molecule has 0 amide bonds. The summed E-state index contributed by atoms with van der Waals surface area (Å²) in [5.41, 5.74) is 1.97. The molecule has 1 aliphatic rings. The average Bonchev–Trinajstić information content (AvgIpc) is 3.19. The minimum atomic E-state index is -0.359. The zero-order valence-electron chi connectivity index (χ0n) is 17.4. The van der Waals surface area contributed by atoms with Crippen LogP contribution in [0.4, 0.5) is 0 Å². The van der Waals surface area contributed by atoms with Gasteiger partial charge in [-0.25, -0.2) is 4.79 Å². The second kappa shape index (κ2) is 8.52. The molecule has 150 valence electrons. The van der Waals surface area contributed by atoms with Crippen molar-refractivity contribution in [3.05, 3.63) is 58.4 Å². The summed E-state index contributed by atoms with van der Waals surface area (Å²) in [5, 5.41) is 1.08. The molecule has 2 aromatic rings. The van der Waals surface area contributed by atoms with Crippen molar-refractivity contribution in [1.29, 1.82) is 0 Å². The molecule has 0 aliphatic carbocycles. The van der Waals surface area contributed by atoms with Crippen molar-refractivity contribution in [1.82, 2.24) is 14.1 Å². The molecule has 28 heavy (non-hydrogen) atoms. The zero-order valence-corrected chi connectivity index (χ0v) is 18.2. The maximum Gasteiger partial charge on any atom is 0.329 e. The third kappa shape index (κ3) is 4.32. The minimum Gasteiger partial charge on any atom is -0.298 e. The normalized spacial score (nSPS) is 18.7. The molecule has 5 nitrogen and oxygen atoms in total. The fraction of sp³-hybridized carbons (Fsp3) is 0.500. The highest BCUT2D eigenvalue weighted by Gasteiger charge is 2.33. The first-order valence-corrected chi connectivity index (χ1v) is 10.9. The molecule has 1 unspecified atom stereocenters. The van der Waals surface area contributed by atoms with Crippen LogP contribution in [0, 0.1) is 5.92 Å². The van der Waals surface area contributed by atoms with Crippen LogP contribution in [0.25, 0.3) is 0 Å². The molecule has 6 heteroatoms. The smallest absolute Gasteiger partial charge is 0.298 e. The Labute approximate surface area is 171 Å². The van der Waals surface area contributed by atoms with Gasteiger partial charge >= 0.3 is 5.69 Å². The molecule has 0 aromatic carbocycles. The van der Waals surface area contributed by atoms with Crippen LogP contribution >= 0.6 is 11.8 Å². The first kappa shape index (κ1) is 20.6. The number of aliphatic imine (C=N–C) groups is 1. The molecule has 2 aromatic heterocycles. The highest BCUT2D eigenvalue weighted by Crippen LogP contribution is 2.33. The number of hydrogen-bond acceptors (Lipinski definition) is 4. The second-order valence-electron chi connectivity index (χ2n) is 8.21. The Kier molecular flexibility index (Phi) is 6.28. The van der Waals surface area contributed by atoms with Crippen LogP contribution < -0.4 is 5.69 Å². The van der Waals surface area contributed by atoms with Crippen LogP contribution in [0.1, 0.15) is 45.0 Å². The first-order chi connectivity index (χ1) is 13.3. The lowest BCUT2D eigenvalue weighted by Crippen LogP contribution is -2.30. The molecule has 0 bridgehead atoms. The Morgan fingerprint density at radius 1 is 1.14 bits per heavy atom. The van der Waals surface area contributed by atoms with Gasteiger partial charge in [0.05, 0.1) is 16.3 Å². The van der Waals surface area contributed by atoms with E-state index >= 15 is 0 Å². The van der Waals surface area contributed by atoms with Crippen molar-refractivity contribution in [2.45, 2.75) is 57.1 Å². The van der Waals surface area contributed by atoms with E-state index in [4.69, 9.17) is 4.99 Å². The largest absolute Gasteiger partial charge is 0.329 e. The Balaban J connectivity index is 2.01. The summed E-state index contributed by atoms with van der Waals surface area (Å²) in [6, 6.07) is 4.20. The van der Waals surface area contributed by atoms with E-state index in [0.717, 1.165) is 22.9 Å². The molecule has 0 N–H and O–H groups in total. The number of rotatable bonds is 8. The van der Waals surface area contributed by atoms with Gasteiger partial charge in [-0.1, -0.05) is 19.9 Å². The Bertz CT molecular complexity index is 910. The standard InChI is InChI=1S/C22H30N4OS/c1-16(2)15-28-20-19(25(5)21(27)26(20)17(3)4)14-22(9-6-10-24-22)13-18-7-11-23-12-8-18/h6-12,16-17H,13-15H2,1-5H3. The molecular weight excluding hydrogens is 368 g/mol. The zero-order chi connectivity index (χ0) is 20.3. The summed E-state index contributed by atoms with van der Waals surface area (Å²) in [7, 11) is 1.89. The first-order valence-electron chi connectivity index (χ1n) is 9.88. The maximum absolute atomic E-state index is 13.0. The van der Waals surface area contributed by atoms with Crippen molar-refractivity contribution in [3.63, 3.8) is 0 Å². The number of allylic oxidation sites excluding steroid dienone is 1. The monoisotopic (exact) mass is 398 g/mol. The summed E-state index contributed by atoms with van der Waals surface area (Å²) < 4.78 is 3.75. The van der Waals surface area contributed by atoms with E-state index in [1.165, 1.54) is 5.56 Å². The predicted octanol–water partition coefficient (Wildman–Crippen LogP) is 4.08. The third-order valence-corrected chi connectivity index (χ3v) is 6.53. The van der Waals surface area contributed by atoms with E-state index < -0.39 is 0 Å². The van der Waals surface area contributed by atoms with E-state index in [1.807, 2.05) is 53.0 Å². The van der Waals surface area contributed by atoms with Crippen molar-refractivity contribution in [2.24, 2.45) is 18.0 Å². The van der Waals surface area contributed by atoms with Gasteiger partial charge in [0.15, 0.2) is 0 Å². The molecule has 1 atom stereocenters. The number of pyridine rings is 1. The van der Waals surface area contributed by atoms with Crippen molar-refractivity contribution >= 4 is 18.0 Å². The molecular formula is C22H30N4OS. The van der Waals surface area contributed by atoms with Crippen LogP contribution in [0.3, 0.4) is 0 Å². The highest BCUT2D eigenvalue weighted by molar-refractivity contribution is 7.99. The number of hydrogen-bond donors (Lipinski definition) is 0. The lowest BCUT2D eigenvalue weighted by atomic mass is 9.88. The van der Waals surface area contributed by atoms with Gasteiger partial charge in [-0.3, -0.25) is 19.1 Å². The molecule has 0 saturated carbocycles. The molecule has 0 radical (unpaired) electrons. The number of aromatic nitrogens is 3. The second-order valence-corrected chi connectivity index (χ2v) is 9.22. The van der Waals surface area contributed by atoms with Crippen LogP contribution in [0.15, 0.2) is 51.5 Å². The number of nitrogens with zero attached hydrogens (tertiary/aromatic N) is 4. The van der Waals surface area contributed by atoms with Gasteiger partial charge in [0, 0.05) is 50.3 Å². The topological polar surface area (TPSA) is 52.2 Å². The van der Waals surface area contributed by atoms with Crippen molar-refractivity contribution in [2.75, 3.05) is 5.75 Å².